The fraction of sp³-hybridized carbons (Fsp3) is 0.231. The summed E-state index contributed by atoms with van der Waals surface area (Å²) >= 11 is 6.55. The Bertz CT molecular complexity index is 1110. The normalized spacial score (nSPS) is 13.7. The molecule has 0 spiro atoms. The summed E-state index contributed by atoms with van der Waals surface area (Å²) in [5, 5.41) is 3.50. The number of carbonyl (C=O) groups is 2. The number of rotatable bonds is 5. The molecule has 3 aromatic carbocycles. The van der Waals surface area contributed by atoms with Crippen molar-refractivity contribution in [2.75, 3.05) is 36.4 Å². The minimum Gasteiger partial charge on any atom is -0.367 e. The molecule has 6 heteroatoms. The first kappa shape index (κ1) is 21.9. The lowest BCUT2D eigenvalue weighted by Crippen LogP contribution is -2.49. The van der Waals surface area contributed by atoms with Gasteiger partial charge in [0.2, 0.25) is 5.91 Å². The summed E-state index contributed by atoms with van der Waals surface area (Å²) in [6.07, 6.45) is 0.317. The quantitative estimate of drug-likeness (QED) is 0.611. The fourth-order valence-corrected chi connectivity index (χ4v) is 4.26. The van der Waals surface area contributed by atoms with E-state index in [-0.39, 0.29) is 11.8 Å². The number of hydrogen-bond acceptors (Lipinski definition) is 3. The summed E-state index contributed by atoms with van der Waals surface area (Å²) in [6, 6.07) is 22.9. The van der Waals surface area contributed by atoms with E-state index in [1.54, 1.807) is 6.07 Å². The van der Waals surface area contributed by atoms with E-state index in [2.05, 4.69) is 10.2 Å². The molecule has 2 amide bonds. The van der Waals surface area contributed by atoms with Gasteiger partial charge in [0.05, 0.1) is 17.1 Å². The van der Waals surface area contributed by atoms with Gasteiger partial charge in [-0.25, -0.2) is 0 Å². The van der Waals surface area contributed by atoms with Crippen molar-refractivity contribution in [1.29, 1.82) is 0 Å². The number of amides is 2. The highest BCUT2D eigenvalue weighted by atomic mass is 35.5. The predicted octanol–water partition coefficient (Wildman–Crippen LogP) is 4.79. The lowest BCUT2D eigenvalue weighted by molar-refractivity contribution is -0.115. The van der Waals surface area contributed by atoms with E-state index < -0.39 is 0 Å². The van der Waals surface area contributed by atoms with Crippen LogP contribution in [0.15, 0.2) is 72.8 Å². The lowest BCUT2D eigenvalue weighted by atomic mass is 10.1. The monoisotopic (exact) mass is 447 g/mol. The number of nitrogens with one attached hydrogen (secondary N) is 1. The molecule has 4 rings (SSSR count). The molecule has 0 unspecified atom stereocenters. The number of nitrogens with zero attached hydrogens (tertiary/aromatic N) is 2. The van der Waals surface area contributed by atoms with E-state index >= 15 is 0 Å². The predicted molar refractivity (Wildman–Crippen MR) is 130 cm³/mol. The van der Waals surface area contributed by atoms with E-state index in [0.717, 1.165) is 22.4 Å². The molecule has 0 bridgehead atoms. The van der Waals surface area contributed by atoms with Crippen LogP contribution in [0.4, 0.5) is 11.4 Å². The number of benzene rings is 3. The average Bonchev–Trinajstić information content (AvgIpc) is 2.80. The largest absolute Gasteiger partial charge is 0.367 e. The molecular formula is C26H26ClN3O2. The molecule has 1 fully saturated rings. The highest BCUT2D eigenvalue weighted by Crippen LogP contribution is 2.30. The van der Waals surface area contributed by atoms with Crippen LogP contribution in [0.2, 0.25) is 5.02 Å². The zero-order valence-electron chi connectivity index (χ0n) is 18.1. The third-order valence-corrected chi connectivity index (χ3v) is 6.02. The maximum atomic E-state index is 12.9. The van der Waals surface area contributed by atoms with Gasteiger partial charge in [0, 0.05) is 37.4 Å². The minimum absolute atomic E-state index is 0.0744. The Morgan fingerprint density at radius 3 is 2.28 bits per heavy atom. The van der Waals surface area contributed by atoms with Crippen LogP contribution in [0, 0.1) is 6.92 Å². The molecule has 1 heterocycles. The Labute approximate surface area is 193 Å². The van der Waals surface area contributed by atoms with Gasteiger partial charge in [-0.1, -0.05) is 60.1 Å². The number of piperazine rings is 1. The topological polar surface area (TPSA) is 52.7 Å². The average molecular weight is 448 g/mol. The van der Waals surface area contributed by atoms with Crippen molar-refractivity contribution in [2.45, 2.75) is 13.3 Å². The van der Waals surface area contributed by atoms with Gasteiger partial charge < -0.3 is 15.1 Å². The molecular weight excluding hydrogens is 422 g/mol. The highest BCUT2D eigenvalue weighted by Gasteiger charge is 2.24. The second kappa shape index (κ2) is 9.88. The smallest absolute Gasteiger partial charge is 0.254 e. The number of halogens is 1. The summed E-state index contributed by atoms with van der Waals surface area (Å²) in [5.41, 5.74) is 4.30. The van der Waals surface area contributed by atoms with Gasteiger partial charge in [-0.2, -0.15) is 0 Å². The van der Waals surface area contributed by atoms with Gasteiger partial charge in [-0.15, -0.1) is 0 Å². The molecule has 3 aromatic rings. The van der Waals surface area contributed by atoms with Crippen molar-refractivity contribution in [2.24, 2.45) is 0 Å². The van der Waals surface area contributed by atoms with Crippen molar-refractivity contribution in [3.05, 3.63) is 94.5 Å². The first-order valence-electron chi connectivity index (χ1n) is 10.7. The van der Waals surface area contributed by atoms with Crippen LogP contribution in [0.25, 0.3) is 0 Å². The van der Waals surface area contributed by atoms with Crippen molar-refractivity contribution >= 4 is 34.8 Å². The lowest BCUT2D eigenvalue weighted by Gasteiger charge is -2.36. The molecule has 164 valence electrons. The molecule has 32 heavy (non-hydrogen) atoms. The first-order valence-corrected chi connectivity index (χ1v) is 11.1. The van der Waals surface area contributed by atoms with Gasteiger partial charge in [-0.3, -0.25) is 9.59 Å². The van der Waals surface area contributed by atoms with Crippen LogP contribution in [-0.2, 0) is 11.2 Å². The van der Waals surface area contributed by atoms with Gasteiger partial charge in [0.25, 0.3) is 5.91 Å². The molecule has 1 aliphatic rings. The van der Waals surface area contributed by atoms with E-state index in [4.69, 9.17) is 11.6 Å². The number of carbonyl (C=O) groups excluding carboxylic acids is 2. The van der Waals surface area contributed by atoms with Crippen molar-refractivity contribution in [3.63, 3.8) is 0 Å². The van der Waals surface area contributed by atoms with E-state index in [9.17, 15) is 9.59 Å². The van der Waals surface area contributed by atoms with E-state index in [1.165, 1.54) is 0 Å². The zero-order valence-corrected chi connectivity index (χ0v) is 18.8. The van der Waals surface area contributed by atoms with Gasteiger partial charge in [-0.05, 0) is 42.3 Å². The van der Waals surface area contributed by atoms with E-state index in [1.807, 2.05) is 78.6 Å². The summed E-state index contributed by atoms with van der Waals surface area (Å²) in [6.45, 7) is 4.65. The first-order chi connectivity index (χ1) is 15.5. The van der Waals surface area contributed by atoms with Gasteiger partial charge in [0.1, 0.15) is 0 Å². The Kier molecular flexibility index (Phi) is 6.76. The minimum atomic E-state index is -0.0802. The SMILES string of the molecule is Cc1ccccc1C(=O)N1CCN(c2ccc(NC(=O)Cc3ccccc3)cc2Cl)CC1. The summed E-state index contributed by atoms with van der Waals surface area (Å²) < 4.78 is 0. The van der Waals surface area contributed by atoms with E-state index in [0.29, 0.717) is 43.3 Å². The summed E-state index contributed by atoms with van der Waals surface area (Å²) in [5.74, 6) is -0.00586. The number of hydrogen-bond donors (Lipinski definition) is 1. The van der Waals surface area contributed by atoms with Crippen molar-refractivity contribution in [3.8, 4) is 0 Å². The molecule has 5 nitrogen and oxygen atoms in total. The Hall–Kier alpha value is -3.31. The number of anilines is 2. The maximum Gasteiger partial charge on any atom is 0.254 e. The molecule has 0 atom stereocenters. The zero-order chi connectivity index (χ0) is 22.5. The van der Waals surface area contributed by atoms with Crippen LogP contribution in [-0.4, -0.2) is 42.9 Å². The van der Waals surface area contributed by atoms with Crippen LogP contribution in [0.5, 0.6) is 0 Å². The Balaban J connectivity index is 1.35. The van der Waals surface area contributed by atoms with Crippen molar-refractivity contribution in [1.82, 2.24) is 4.90 Å². The molecule has 1 aliphatic heterocycles. The third kappa shape index (κ3) is 5.11. The summed E-state index contributed by atoms with van der Waals surface area (Å²) in [4.78, 5) is 29.2. The molecule has 0 saturated carbocycles. The second-order valence-electron chi connectivity index (χ2n) is 7.97. The molecule has 0 aromatic heterocycles. The standard InChI is InChI=1S/C26H26ClN3O2/c1-19-7-5-6-10-22(19)26(32)30-15-13-29(14-16-30)24-12-11-21(18-23(24)27)28-25(31)17-20-8-3-2-4-9-20/h2-12,18H,13-17H2,1H3,(H,28,31). The van der Waals surface area contributed by atoms with Crippen LogP contribution in [0.1, 0.15) is 21.5 Å². The highest BCUT2D eigenvalue weighted by molar-refractivity contribution is 6.33. The van der Waals surface area contributed by atoms with Crippen LogP contribution < -0.4 is 10.2 Å². The molecule has 0 aliphatic carbocycles. The molecule has 1 saturated heterocycles. The Morgan fingerprint density at radius 1 is 0.906 bits per heavy atom. The van der Waals surface area contributed by atoms with Gasteiger partial charge >= 0.3 is 0 Å². The van der Waals surface area contributed by atoms with Gasteiger partial charge in [0.15, 0.2) is 0 Å². The molecule has 0 radical (unpaired) electrons. The maximum absolute atomic E-state index is 12.9. The van der Waals surface area contributed by atoms with Crippen LogP contribution in [0.3, 0.4) is 0 Å². The van der Waals surface area contributed by atoms with Crippen molar-refractivity contribution < 1.29 is 9.59 Å². The second-order valence-corrected chi connectivity index (χ2v) is 8.38. The third-order valence-electron chi connectivity index (χ3n) is 5.72. The fourth-order valence-electron chi connectivity index (χ4n) is 3.96. The Morgan fingerprint density at radius 2 is 1.59 bits per heavy atom. The number of aryl methyl sites for hydroxylation is 1. The van der Waals surface area contributed by atoms with Crippen LogP contribution >= 0.6 is 11.6 Å². The molecule has 1 N–H and O–H groups in total. The summed E-state index contributed by atoms with van der Waals surface area (Å²) in [7, 11) is 0.